The van der Waals surface area contributed by atoms with E-state index < -0.39 is 5.97 Å². The Hall–Kier alpha value is -1.35. The van der Waals surface area contributed by atoms with Gasteiger partial charge >= 0.3 is 5.97 Å². The van der Waals surface area contributed by atoms with Gasteiger partial charge in [-0.25, -0.2) is 4.79 Å². The van der Waals surface area contributed by atoms with E-state index in [1.54, 1.807) is 0 Å². The fourth-order valence-electron chi connectivity index (χ4n) is 2.16. The predicted octanol–water partition coefficient (Wildman–Crippen LogP) is 5.68. The number of carboxylic acid groups (broad SMARTS) is 1. The monoisotopic (exact) mass is 322 g/mol. The summed E-state index contributed by atoms with van der Waals surface area (Å²) in [5.41, 5.74) is 0. The summed E-state index contributed by atoms with van der Waals surface area (Å²) < 4.78 is 5.00. The Morgan fingerprint density at radius 2 is 1.39 bits per heavy atom. The Bertz CT molecular complexity index is 343. The topological polar surface area (TPSA) is 46.5 Å². The zero-order valence-corrected chi connectivity index (χ0v) is 14.7. The van der Waals surface area contributed by atoms with Crippen molar-refractivity contribution in [3.63, 3.8) is 0 Å². The fourth-order valence-corrected chi connectivity index (χ4v) is 2.16. The molecule has 0 spiro atoms. The molecule has 0 aliphatic carbocycles. The Morgan fingerprint density at radius 1 is 0.826 bits per heavy atom. The van der Waals surface area contributed by atoms with Gasteiger partial charge in [0.05, 0.1) is 0 Å². The van der Waals surface area contributed by atoms with E-state index in [4.69, 9.17) is 9.84 Å². The molecule has 132 valence electrons. The normalized spacial score (nSPS) is 12.0. The molecule has 0 saturated heterocycles. The highest BCUT2D eigenvalue weighted by Crippen LogP contribution is 2.08. The van der Waals surface area contributed by atoms with E-state index in [1.165, 1.54) is 32.1 Å². The quantitative estimate of drug-likeness (QED) is 0.294. The first kappa shape index (κ1) is 21.6. The summed E-state index contributed by atoms with van der Waals surface area (Å²) in [7, 11) is 0. The van der Waals surface area contributed by atoms with Gasteiger partial charge in [0.1, 0.15) is 6.61 Å². The lowest BCUT2D eigenvalue weighted by molar-refractivity contribution is -0.142. The Kier molecular flexibility index (Phi) is 17.6. The van der Waals surface area contributed by atoms with Gasteiger partial charge in [-0.15, -0.1) is 0 Å². The van der Waals surface area contributed by atoms with E-state index in [-0.39, 0.29) is 6.61 Å². The Balaban J connectivity index is 3.19. The summed E-state index contributed by atoms with van der Waals surface area (Å²) in [6.45, 7) is 2.55. The van der Waals surface area contributed by atoms with Crippen molar-refractivity contribution in [3.05, 3.63) is 36.5 Å². The second-order valence-electron chi connectivity index (χ2n) is 5.65. The van der Waals surface area contributed by atoms with Crippen LogP contribution in [-0.2, 0) is 9.53 Å². The van der Waals surface area contributed by atoms with Crippen LogP contribution >= 0.6 is 0 Å². The van der Waals surface area contributed by atoms with Crippen molar-refractivity contribution < 1.29 is 14.6 Å². The zero-order chi connectivity index (χ0) is 17.0. The molecule has 0 amide bonds. The number of carboxylic acids is 1. The van der Waals surface area contributed by atoms with E-state index in [0.29, 0.717) is 6.61 Å². The summed E-state index contributed by atoms with van der Waals surface area (Å²) in [6, 6.07) is 0. The minimum atomic E-state index is -0.887. The van der Waals surface area contributed by atoms with E-state index in [9.17, 15) is 4.79 Å². The summed E-state index contributed by atoms with van der Waals surface area (Å²) in [4.78, 5) is 10.2. The third-order valence-electron chi connectivity index (χ3n) is 3.42. The van der Waals surface area contributed by atoms with Crippen LogP contribution in [0.4, 0.5) is 0 Å². The summed E-state index contributed by atoms with van der Waals surface area (Å²) in [5.74, 6) is -0.887. The molecule has 0 aliphatic heterocycles. The summed E-state index contributed by atoms with van der Waals surface area (Å²) in [6.07, 6.45) is 24.9. The van der Waals surface area contributed by atoms with Gasteiger partial charge < -0.3 is 9.84 Å². The van der Waals surface area contributed by atoms with E-state index in [1.807, 2.05) is 0 Å². The van der Waals surface area contributed by atoms with Gasteiger partial charge in [0.15, 0.2) is 0 Å². The van der Waals surface area contributed by atoms with E-state index in [0.717, 1.165) is 32.1 Å². The standard InChI is InChI=1S/C20H34O3/c1-2-3-4-5-6-7-8-9-10-11-12-13-14-15-16-17-18-23-19-20(21)22/h3-4,6-7,9-10H,2,5,8,11-19H2,1H3,(H,21,22)/b4-3-,7-6-,10-9-. The molecule has 0 atom stereocenters. The average molecular weight is 322 g/mol. The molecule has 0 rings (SSSR count). The van der Waals surface area contributed by atoms with Crippen LogP contribution in [0.1, 0.15) is 71.1 Å². The molecule has 0 aromatic rings. The molecule has 0 aromatic heterocycles. The molecular formula is C20H34O3. The number of ether oxygens (including phenoxy) is 1. The highest BCUT2D eigenvalue weighted by Gasteiger charge is 1.95. The number of allylic oxidation sites excluding steroid dienone is 6. The molecule has 0 bridgehead atoms. The highest BCUT2D eigenvalue weighted by atomic mass is 16.5. The number of hydrogen-bond donors (Lipinski definition) is 1. The van der Waals surface area contributed by atoms with Crippen LogP contribution in [0.5, 0.6) is 0 Å². The lowest BCUT2D eigenvalue weighted by Gasteiger charge is -2.01. The third-order valence-corrected chi connectivity index (χ3v) is 3.42. The van der Waals surface area contributed by atoms with Crippen molar-refractivity contribution in [3.8, 4) is 0 Å². The maximum Gasteiger partial charge on any atom is 0.329 e. The van der Waals surface area contributed by atoms with Gasteiger partial charge in [-0.2, -0.15) is 0 Å². The second-order valence-corrected chi connectivity index (χ2v) is 5.65. The molecule has 1 N–H and O–H groups in total. The average Bonchev–Trinajstić information content (AvgIpc) is 2.53. The van der Waals surface area contributed by atoms with Crippen LogP contribution < -0.4 is 0 Å². The lowest BCUT2D eigenvalue weighted by atomic mass is 10.1. The van der Waals surface area contributed by atoms with Crippen LogP contribution in [0, 0.1) is 0 Å². The first-order valence-corrected chi connectivity index (χ1v) is 9.02. The summed E-state index contributed by atoms with van der Waals surface area (Å²) in [5, 5.41) is 8.41. The number of unbranched alkanes of at least 4 members (excludes halogenated alkanes) is 6. The number of rotatable bonds is 16. The minimum Gasteiger partial charge on any atom is -0.480 e. The van der Waals surface area contributed by atoms with Crippen LogP contribution in [-0.4, -0.2) is 24.3 Å². The fraction of sp³-hybridized carbons (Fsp3) is 0.650. The van der Waals surface area contributed by atoms with Crippen LogP contribution in [0.3, 0.4) is 0 Å². The predicted molar refractivity (Wildman–Crippen MR) is 97.7 cm³/mol. The first-order valence-electron chi connectivity index (χ1n) is 9.02. The second kappa shape index (κ2) is 18.7. The van der Waals surface area contributed by atoms with Gasteiger partial charge in [0.2, 0.25) is 0 Å². The number of aliphatic carboxylic acids is 1. The molecule has 0 unspecified atom stereocenters. The number of carbonyl (C=O) groups is 1. The van der Waals surface area contributed by atoms with Crippen molar-refractivity contribution in [2.45, 2.75) is 71.1 Å². The zero-order valence-electron chi connectivity index (χ0n) is 14.7. The molecular weight excluding hydrogens is 288 g/mol. The van der Waals surface area contributed by atoms with Crippen molar-refractivity contribution in [1.29, 1.82) is 0 Å². The van der Waals surface area contributed by atoms with E-state index >= 15 is 0 Å². The van der Waals surface area contributed by atoms with Crippen LogP contribution in [0.15, 0.2) is 36.5 Å². The molecule has 0 aliphatic rings. The Labute approximate surface area is 142 Å². The molecule has 3 heteroatoms. The SMILES string of the molecule is CC/C=C\C/C=C\C/C=C\CCCCCCCCOCC(=O)O. The van der Waals surface area contributed by atoms with Gasteiger partial charge in [0, 0.05) is 6.61 Å². The molecule has 0 saturated carbocycles. The highest BCUT2D eigenvalue weighted by molar-refractivity contribution is 5.67. The molecule has 0 fully saturated rings. The van der Waals surface area contributed by atoms with Crippen LogP contribution in [0.2, 0.25) is 0 Å². The maximum absolute atomic E-state index is 10.2. The smallest absolute Gasteiger partial charge is 0.329 e. The molecule has 23 heavy (non-hydrogen) atoms. The van der Waals surface area contributed by atoms with Crippen molar-refractivity contribution in [2.75, 3.05) is 13.2 Å². The molecule has 3 nitrogen and oxygen atoms in total. The van der Waals surface area contributed by atoms with E-state index in [2.05, 4.69) is 43.4 Å². The van der Waals surface area contributed by atoms with Gasteiger partial charge in [-0.1, -0.05) is 69.1 Å². The molecule has 0 radical (unpaired) electrons. The van der Waals surface area contributed by atoms with Crippen molar-refractivity contribution in [2.24, 2.45) is 0 Å². The van der Waals surface area contributed by atoms with Gasteiger partial charge in [0.25, 0.3) is 0 Å². The first-order chi connectivity index (χ1) is 11.3. The summed E-state index contributed by atoms with van der Waals surface area (Å²) >= 11 is 0. The van der Waals surface area contributed by atoms with Crippen molar-refractivity contribution >= 4 is 5.97 Å². The number of hydrogen-bond acceptors (Lipinski definition) is 2. The molecule has 0 heterocycles. The minimum absolute atomic E-state index is 0.170. The van der Waals surface area contributed by atoms with Gasteiger partial charge in [-0.05, 0) is 38.5 Å². The lowest BCUT2D eigenvalue weighted by Crippen LogP contribution is -2.07. The van der Waals surface area contributed by atoms with Crippen LogP contribution in [0.25, 0.3) is 0 Å². The van der Waals surface area contributed by atoms with Crippen molar-refractivity contribution in [1.82, 2.24) is 0 Å². The largest absolute Gasteiger partial charge is 0.480 e. The third kappa shape index (κ3) is 20.6. The maximum atomic E-state index is 10.2. The molecule has 0 aromatic carbocycles. The Morgan fingerprint density at radius 3 is 2.04 bits per heavy atom. The van der Waals surface area contributed by atoms with Gasteiger partial charge in [-0.3, -0.25) is 0 Å².